The zero-order valence-corrected chi connectivity index (χ0v) is 18.6. The average molecular weight is 492 g/mol. The van der Waals surface area contributed by atoms with Crippen molar-refractivity contribution in [2.75, 3.05) is 18.4 Å². The molecule has 3 aromatic rings. The van der Waals surface area contributed by atoms with E-state index in [9.17, 15) is 27.9 Å². The fourth-order valence-electron chi connectivity index (χ4n) is 3.64. The summed E-state index contributed by atoms with van der Waals surface area (Å²) in [5.74, 6) is -2.19. The van der Waals surface area contributed by atoms with Crippen molar-refractivity contribution in [3.05, 3.63) is 52.9 Å². The SMILES string of the molecule is Cc1cccc(-c2cnc(C3(O)CCN(C(=O)C(N)=O)C3)s2)c1Nc1nccc(C(F)(F)F)n1. The highest BCUT2D eigenvalue weighted by atomic mass is 32.1. The van der Waals surface area contributed by atoms with E-state index in [0.29, 0.717) is 21.1 Å². The van der Waals surface area contributed by atoms with Crippen LogP contribution in [0.5, 0.6) is 0 Å². The first kappa shape index (κ1) is 23.6. The minimum absolute atomic E-state index is 0.126. The fourth-order valence-corrected chi connectivity index (χ4v) is 4.69. The number of thiazole rings is 1. The Morgan fingerprint density at radius 2 is 2.03 bits per heavy atom. The van der Waals surface area contributed by atoms with Crippen molar-refractivity contribution in [3.8, 4) is 10.4 Å². The number of hydrogen-bond acceptors (Lipinski definition) is 8. The van der Waals surface area contributed by atoms with Gasteiger partial charge in [-0.05, 0) is 18.6 Å². The van der Waals surface area contributed by atoms with Gasteiger partial charge in [0.1, 0.15) is 16.3 Å². The number of aromatic nitrogens is 3. The quantitative estimate of drug-likeness (QED) is 0.477. The Morgan fingerprint density at radius 3 is 2.74 bits per heavy atom. The van der Waals surface area contributed by atoms with Crippen molar-refractivity contribution >= 4 is 34.8 Å². The Morgan fingerprint density at radius 1 is 1.26 bits per heavy atom. The summed E-state index contributed by atoms with van der Waals surface area (Å²) in [5.41, 5.74) is 4.36. The number of carbonyl (C=O) groups excluding carboxylic acids is 2. The molecule has 1 atom stereocenters. The number of nitrogens with two attached hydrogens (primary N) is 1. The lowest BCUT2D eigenvalue weighted by atomic mass is 10.1. The number of nitrogens with zero attached hydrogens (tertiary/aromatic N) is 4. The van der Waals surface area contributed by atoms with Crippen molar-refractivity contribution in [1.82, 2.24) is 19.9 Å². The molecule has 0 saturated carbocycles. The molecule has 1 fully saturated rings. The minimum atomic E-state index is -4.61. The molecule has 1 aliphatic rings. The van der Waals surface area contributed by atoms with Gasteiger partial charge in [0, 0.05) is 30.9 Å². The zero-order valence-electron chi connectivity index (χ0n) is 17.8. The number of aryl methyl sites for hydroxylation is 1. The van der Waals surface area contributed by atoms with Crippen LogP contribution in [0.2, 0.25) is 0 Å². The van der Waals surface area contributed by atoms with E-state index in [1.807, 2.05) is 0 Å². The molecule has 1 aromatic carbocycles. The molecule has 1 saturated heterocycles. The topological polar surface area (TPSA) is 134 Å². The van der Waals surface area contributed by atoms with E-state index in [1.54, 1.807) is 25.1 Å². The summed E-state index contributed by atoms with van der Waals surface area (Å²) in [4.78, 5) is 36.6. The first-order valence-corrected chi connectivity index (χ1v) is 10.8. The molecule has 0 bridgehead atoms. The van der Waals surface area contributed by atoms with Crippen LogP contribution < -0.4 is 11.1 Å². The Hall–Kier alpha value is -3.58. The van der Waals surface area contributed by atoms with Crippen LogP contribution in [0.3, 0.4) is 0 Å². The predicted octanol–water partition coefficient (Wildman–Crippen LogP) is 2.58. The van der Waals surface area contributed by atoms with E-state index in [1.165, 1.54) is 22.4 Å². The number of anilines is 2. The first-order chi connectivity index (χ1) is 16.0. The van der Waals surface area contributed by atoms with Crippen molar-refractivity contribution < 1.29 is 27.9 Å². The van der Waals surface area contributed by atoms with Crippen LogP contribution in [0.4, 0.5) is 24.8 Å². The van der Waals surface area contributed by atoms with Crippen LogP contribution in [-0.2, 0) is 21.4 Å². The number of primary amides is 1. The number of aliphatic hydroxyl groups is 1. The van der Waals surface area contributed by atoms with E-state index in [-0.39, 0.29) is 25.5 Å². The summed E-state index contributed by atoms with van der Waals surface area (Å²) in [5, 5.41) is 14.3. The number of carbonyl (C=O) groups is 2. The van der Waals surface area contributed by atoms with Gasteiger partial charge in [-0.2, -0.15) is 13.2 Å². The molecular weight excluding hydrogens is 473 g/mol. The van der Waals surface area contributed by atoms with Crippen molar-refractivity contribution in [1.29, 1.82) is 0 Å². The fraction of sp³-hybridized carbons (Fsp3) is 0.286. The van der Waals surface area contributed by atoms with E-state index in [2.05, 4.69) is 20.3 Å². The third-order valence-corrected chi connectivity index (χ3v) is 6.59. The second-order valence-electron chi connectivity index (χ2n) is 7.79. The number of benzene rings is 1. The molecule has 3 heterocycles. The summed E-state index contributed by atoms with van der Waals surface area (Å²) >= 11 is 1.17. The average Bonchev–Trinajstić information content (AvgIpc) is 3.42. The molecule has 2 aromatic heterocycles. The van der Waals surface area contributed by atoms with Crippen molar-refractivity contribution in [2.45, 2.75) is 25.1 Å². The Labute approximate surface area is 195 Å². The number of likely N-dealkylation sites (tertiary alicyclic amines) is 1. The smallest absolute Gasteiger partial charge is 0.381 e. The first-order valence-electron chi connectivity index (χ1n) is 10.0. The maximum Gasteiger partial charge on any atom is 0.433 e. The monoisotopic (exact) mass is 492 g/mol. The molecule has 0 radical (unpaired) electrons. The van der Waals surface area contributed by atoms with Gasteiger partial charge in [-0.1, -0.05) is 18.2 Å². The summed E-state index contributed by atoms with van der Waals surface area (Å²) in [7, 11) is 0. The number of halogens is 3. The van der Waals surface area contributed by atoms with Crippen LogP contribution in [0.25, 0.3) is 10.4 Å². The molecule has 4 N–H and O–H groups in total. The lowest BCUT2D eigenvalue weighted by Crippen LogP contribution is -2.41. The second-order valence-corrected chi connectivity index (χ2v) is 8.82. The number of β-amino-alcohol motifs (C(OH)–C–C–N with tert-alkyl or cyclic N) is 1. The third-order valence-electron chi connectivity index (χ3n) is 5.37. The highest BCUT2D eigenvalue weighted by Gasteiger charge is 2.43. The van der Waals surface area contributed by atoms with Crippen molar-refractivity contribution in [2.24, 2.45) is 5.73 Å². The molecule has 1 unspecified atom stereocenters. The maximum absolute atomic E-state index is 13.0. The van der Waals surface area contributed by atoms with Crippen LogP contribution in [-0.4, -0.2) is 49.9 Å². The lowest BCUT2D eigenvalue weighted by molar-refractivity contribution is -0.144. The van der Waals surface area contributed by atoms with Gasteiger partial charge in [0.25, 0.3) is 0 Å². The van der Waals surface area contributed by atoms with Crippen LogP contribution in [0, 0.1) is 6.92 Å². The Bertz CT molecular complexity index is 1260. The number of para-hydroxylation sites is 1. The highest BCUT2D eigenvalue weighted by Crippen LogP contribution is 2.41. The molecule has 2 amide bonds. The largest absolute Gasteiger partial charge is 0.433 e. The molecule has 13 heteroatoms. The van der Waals surface area contributed by atoms with Gasteiger partial charge in [0.05, 0.1) is 17.1 Å². The molecule has 178 valence electrons. The molecular formula is C21H19F3N6O3S. The summed E-state index contributed by atoms with van der Waals surface area (Å²) in [6.45, 7) is 1.80. The number of alkyl halides is 3. The standard InChI is InChI=1S/C21H19F3N6O3S/c1-11-3-2-4-12(15(11)29-19-26-7-5-14(28-19)21(22,23)24)13-9-27-18(34-13)20(33)6-8-30(10-20)17(32)16(25)31/h2-5,7,9,33H,6,8,10H2,1H3,(H2,25,31)(H,26,28,29). The maximum atomic E-state index is 13.0. The summed E-state index contributed by atoms with van der Waals surface area (Å²) < 4.78 is 39.1. The number of amides is 2. The van der Waals surface area contributed by atoms with Gasteiger partial charge in [-0.25, -0.2) is 15.0 Å². The third kappa shape index (κ3) is 4.56. The number of nitrogens with one attached hydrogen (secondary N) is 1. The highest BCUT2D eigenvalue weighted by molar-refractivity contribution is 7.15. The molecule has 0 aliphatic carbocycles. The number of rotatable bonds is 4. The normalized spacial score (nSPS) is 18.2. The van der Waals surface area contributed by atoms with E-state index >= 15 is 0 Å². The van der Waals surface area contributed by atoms with Gasteiger partial charge in [0.15, 0.2) is 0 Å². The van der Waals surface area contributed by atoms with Crippen molar-refractivity contribution in [3.63, 3.8) is 0 Å². The molecule has 9 nitrogen and oxygen atoms in total. The van der Waals surface area contributed by atoms with Crippen LogP contribution in [0.1, 0.15) is 22.7 Å². The molecule has 4 rings (SSSR count). The minimum Gasteiger partial charge on any atom is -0.381 e. The summed E-state index contributed by atoms with van der Waals surface area (Å²) in [6, 6.07) is 6.09. The van der Waals surface area contributed by atoms with Gasteiger partial charge in [0.2, 0.25) is 5.95 Å². The second kappa shape index (κ2) is 8.65. The number of hydrogen-bond donors (Lipinski definition) is 3. The van der Waals surface area contributed by atoms with Gasteiger partial charge in [-0.3, -0.25) is 9.59 Å². The van der Waals surface area contributed by atoms with Gasteiger partial charge < -0.3 is 21.1 Å². The van der Waals surface area contributed by atoms with Gasteiger partial charge in [-0.15, -0.1) is 11.3 Å². The van der Waals surface area contributed by atoms with E-state index < -0.39 is 29.3 Å². The summed E-state index contributed by atoms with van der Waals surface area (Å²) in [6.07, 6.45) is -1.88. The van der Waals surface area contributed by atoms with Crippen LogP contribution in [0.15, 0.2) is 36.7 Å². The zero-order chi connectivity index (χ0) is 24.7. The van der Waals surface area contributed by atoms with E-state index in [4.69, 9.17) is 5.73 Å². The van der Waals surface area contributed by atoms with Crippen LogP contribution >= 0.6 is 11.3 Å². The molecule has 1 aliphatic heterocycles. The lowest BCUT2D eigenvalue weighted by Gasteiger charge is -2.20. The van der Waals surface area contributed by atoms with E-state index in [0.717, 1.165) is 17.8 Å². The predicted molar refractivity (Wildman–Crippen MR) is 117 cm³/mol. The molecule has 0 spiro atoms. The molecule has 34 heavy (non-hydrogen) atoms. The Balaban J connectivity index is 1.63. The Kier molecular flexibility index (Phi) is 6.00. The van der Waals surface area contributed by atoms with Gasteiger partial charge >= 0.3 is 18.0 Å².